The second kappa shape index (κ2) is 8.06. The summed E-state index contributed by atoms with van der Waals surface area (Å²) in [7, 11) is 3.29. The van der Waals surface area contributed by atoms with Crippen LogP contribution in [-0.4, -0.2) is 20.8 Å². The first-order valence-electron chi connectivity index (χ1n) is 8.66. The molecule has 136 valence electrons. The van der Waals surface area contributed by atoms with Crippen molar-refractivity contribution in [1.29, 1.82) is 0 Å². The number of ether oxygens (including phenoxy) is 2. The van der Waals surface area contributed by atoms with Crippen LogP contribution in [0, 0.1) is 6.92 Å². The molecular weight excluding hydrogens is 330 g/mol. The van der Waals surface area contributed by atoms with Crippen LogP contribution in [-0.2, 0) is 13.0 Å². The van der Waals surface area contributed by atoms with Crippen LogP contribution < -0.4 is 20.4 Å². The minimum atomic E-state index is -0.338. The zero-order valence-electron chi connectivity index (χ0n) is 15.4. The lowest BCUT2D eigenvalue weighted by atomic mass is 10.1. The smallest absolute Gasteiger partial charge is 0.336 e. The van der Waals surface area contributed by atoms with Crippen LogP contribution in [0.3, 0.4) is 0 Å². The fourth-order valence-electron chi connectivity index (χ4n) is 3.12. The van der Waals surface area contributed by atoms with Crippen molar-refractivity contribution in [2.45, 2.75) is 19.9 Å². The molecule has 5 heteroatoms. The van der Waals surface area contributed by atoms with Crippen LogP contribution in [0.4, 0.5) is 0 Å². The first-order valence-corrected chi connectivity index (χ1v) is 8.66. The number of methoxy groups -OCH3 is 2. The van der Waals surface area contributed by atoms with E-state index >= 15 is 0 Å². The SMILES string of the molecule is COc1ccc2c(C[NH2+]CCc3cc(C)ccc3OC)cc(=O)oc2c1. The van der Waals surface area contributed by atoms with Crippen LogP contribution in [0.2, 0.25) is 0 Å². The molecule has 0 aliphatic rings. The molecule has 1 aromatic heterocycles. The zero-order chi connectivity index (χ0) is 18.5. The molecule has 5 nitrogen and oxygen atoms in total. The van der Waals surface area contributed by atoms with Crippen LogP contribution >= 0.6 is 0 Å². The van der Waals surface area contributed by atoms with E-state index in [2.05, 4.69) is 24.4 Å². The number of quaternary nitrogens is 1. The quantitative estimate of drug-likeness (QED) is 0.523. The fourth-order valence-corrected chi connectivity index (χ4v) is 3.12. The molecule has 0 aliphatic heterocycles. The maximum Gasteiger partial charge on any atom is 0.336 e. The third-order valence-corrected chi connectivity index (χ3v) is 4.46. The Balaban J connectivity index is 1.70. The van der Waals surface area contributed by atoms with Gasteiger partial charge in [-0.1, -0.05) is 17.7 Å². The van der Waals surface area contributed by atoms with Crippen molar-refractivity contribution < 1.29 is 19.2 Å². The lowest BCUT2D eigenvalue weighted by molar-refractivity contribution is -0.670. The normalized spacial score (nSPS) is 10.9. The highest BCUT2D eigenvalue weighted by Crippen LogP contribution is 2.22. The van der Waals surface area contributed by atoms with Gasteiger partial charge < -0.3 is 19.2 Å². The van der Waals surface area contributed by atoms with E-state index in [9.17, 15) is 4.79 Å². The molecule has 1 heterocycles. The molecule has 0 unspecified atom stereocenters. The molecule has 0 atom stereocenters. The Morgan fingerprint density at radius 3 is 2.62 bits per heavy atom. The Hall–Kier alpha value is -2.79. The van der Waals surface area contributed by atoms with Crippen LogP contribution in [0.25, 0.3) is 11.0 Å². The lowest BCUT2D eigenvalue weighted by Crippen LogP contribution is -2.83. The van der Waals surface area contributed by atoms with Gasteiger partial charge in [0.1, 0.15) is 23.6 Å². The van der Waals surface area contributed by atoms with Gasteiger partial charge in [0.25, 0.3) is 0 Å². The van der Waals surface area contributed by atoms with Gasteiger partial charge in [0.15, 0.2) is 0 Å². The van der Waals surface area contributed by atoms with Gasteiger partial charge in [-0.15, -0.1) is 0 Å². The van der Waals surface area contributed by atoms with Gasteiger partial charge >= 0.3 is 5.63 Å². The number of aryl methyl sites for hydroxylation is 1. The number of hydrogen-bond donors (Lipinski definition) is 1. The number of fused-ring (bicyclic) bond motifs is 1. The monoisotopic (exact) mass is 354 g/mol. The minimum Gasteiger partial charge on any atom is -0.497 e. The standard InChI is InChI=1S/C21H23NO4/c1-14-4-7-19(25-3)15(10-14)8-9-22-13-16-11-21(23)26-20-12-17(24-2)5-6-18(16)20/h4-7,10-12,22H,8-9,13H2,1-3H3/p+1. The fraction of sp³-hybridized carbons (Fsp3) is 0.286. The average Bonchev–Trinajstić information content (AvgIpc) is 2.64. The number of rotatable bonds is 7. The van der Waals surface area contributed by atoms with Crippen molar-refractivity contribution in [3.8, 4) is 11.5 Å². The highest BCUT2D eigenvalue weighted by Gasteiger charge is 2.09. The summed E-state index contributed by atoms with van der Waals surface area (Å²) in [6, 6.07) is 13.3. The van der Waals surface area contributed by atoms with Crippen molar-refractivity contribution in [3.05, 3.63) is 69.6 Å². The average molecular weight is 354 g/mol. The molecule has 0 amide bonds. The lowest BCUT2D eigenvalue weighted by Gasteiger charge is -2.10. The summed E-state index contributed by atoms with van der Waals surface area (Å²) < 4.78 is 15.9. The minimum absolute atomic E-state index is 0.338. The van der Waals surface area contributed by atoms with Crippen molar-refractivity contribution >= 4 is 11.0 Å². The first kappa shape index (κ1) is 18.0. The molecule has 3 rings (SSSR count). The Labute approximate surface area is 152 Å². The van der Waals surface area contributed by atoms with E-state index < -0.39 is 0 Å². The van der Waals surface area contributed by atoms with Gasteiger partial charge in [-0.05, 0) is 30.7 Å². The molecule has 0 bridgehead atoms. The second-order valence-electron chi connectivity index (χ2n) is 6.30. The van der Waals surface area contributed by atoms with Crippen LogP contribution in [0.5, 0.6) is 11.5 Å². The highest BCUT2D eigenvalue weighted by molar-refractivity contribution is 5.81. The summed E-state index contributed by atoms with van der Waals surface area (Å²) in [4.78, 5) is 11.8. The largest absolute Gasteiger partial charge is 0.497 e. The van der Waals surface area contributed by atoms with Crippen molar-refractivity contribution in [3.63, 3.8) is 0 Å². The van der Waals surface area contributed by atoms with Crippen LogP contribution in [0.1, 0.15) is 16.7 Å². The molecule has 3 aromatic rings. The number of hydrogen-bond acceptors (Lipinski definition) is 4. The van der Waals surface area contributed by atoms with E-state index in [1.807, 2.05) is 18.2 Å². The summed E-state index contributed by atoms with van der Waals surface area (Å²) in [6.07, 6.45) is 0.901. The summed E-state index contributed by atoms with van der Waals surface area (Å²) in [5.41, 5.74) is 3.61. The predicted molar refractivity (Wildman–Crippen MR) is 101 cm³/mol. The Bertz CT molecular complexity index is 962. The Kier molecular flexibility index (Phi) is 5.58. The van der Waals surface area contributed by atoms with E-state index in [1.54, 1.807) is 26.4 Å². The van der Waals surface area contributed by atoms with Gasteiger partial charge in [0.05, 0.1) is 20.8 Å². The van der Waals surface area contributed by atoms with E-state index in [4.69, 9.17) is 13.9 Å². The van der Waals surface area contributed by atoms with E-state index in [-0.39, 0.29) is 5.63 Å². The van der Waals surface area contributed by atoms with Crippen molar-refractivity contribution in [1.82, 2.24) is 0 Å². The maximum atomic E-state index is 11.8. The summed E-state index contributed by atoms with van der Waals surface area (Å²) in [6.45, 7) is 3.69. The van der Waals surface area contributed by atoms with Crippen molar-refractivity contribution in [2.75, 3.05) is 20.8 Å². The molecule has 0 radical (unpaired) electrons. The molecule has 0 fully saturated rings. The second-order valence-corrected chi connectivity index (χ2v) is 6.30. The van der Waals surface area contributed by atoms with Crippen LogP contribution in [0.15, 0.2) is 51.7 Å². The Morgan fingerprint density at radius 1 is 1.00 bits per heavy atom. The van der Waals surface area contributed by atoms with Gasteiger partial charge in [0, 0.05) is 29.5 Å². The molecule has 0 saturated carbocycles. The van der Waals surface area contributed by atoms with Gasteiger partial charge in [0.2, 0.25) is 0 Å². The first-order chi connectivity index (χ1) is 12.6. The van der Waals surface area contributed by atoms with Crippen molar-refractivity contribution in [2.24, 2.45) is 0 Å². The summed E-state index contributed by atoms with van der Waals surface area (Å²) in [5.74, 6) is 1.59. The number of benzene rings is 2. The highest BCUT2D eigenvalue weighted by atomic mass is 16.5. The summed E-state index contributed by atoms with van der Waals surface area (Å²) in [5, 5.41) is 3.13. The van der Waals surface area contributed by atoms with Gasteiger partial charge in [-0.2, -0.15) is 0 Å². The third-order valence-electron chi connectivity index (χ3n) is 4.46. The van der Waals surface area contributed by atoms with E-state index in [1.165, 1.54) is 11.1 Å². The molecule has 2 N–H and O–H groups in total. The van der Waals surface area contributed by atoms with Gasteiger partial charge in [-0.25, -0.2) is 4.79 Å². The third kappa shape index (κ3) is 4.06. The summed E-state index contributed by atoms with van der Waals surface area (Å²) >= 11 is 0. The topological polar surface area (TPSA) is 65.3 Å². The number of nitrogens with two attached hydrogens (primary N) is 1. The molecule has 26 heavy (non-hydrogen) atoms. The maximum absolute atomic E-state index is 11.8. The molecule has 2 aromatic carbocycles. The van der Waals surface area contributed by atoms with Gasteiger partial charge in [-0.3, -0.25) is 0 Å². The molecule has 0 aliphatic carbocycles. The van der Waals surface area contributed by atoms with E-state index in [0.717, 1.165) is 29.7 Å². The zero-order valence-corrected chi connectivity index (χ0v) is 15.4. The predicted octanol–water partition coefficient (Wildman–Crippen LogP) is 2.42. The molecular formula is C21H24NO4+. The molecule has 0 spiro atoms. The Morgan fingerprint density at radius 2 is 1.85 bits per heavy atom. The molecule has 0 saturated heterocycles. The van der Waals surface area contributed by atoms with E-state index in [0.29, 0.717) is 17.9 Å².